The van der Waals surface area contributed by atoms with Gasteiger partial charge < -0.3 is 26.4 Å². The van der Waals surface area contributed by atoms with Crippen LogP contribution in [0.5, 0.6) is 0 Å². The molecule has 0 aliphatic heterocycles. The normalized spacial score (nSPS) is 10.7. The number of nitrogens with one attached hydrogen (secondary N) is 4. The third-order valence-electron chi connectivity index (χ3n) is 2.50. The highest BCUT2D eigenvalue weighted by Crippen LogP contribution is 1.92. The van der Waals surface area contributed by atoms with E-state index >= 15 is 0 Å². The van der Waals surface area contributed by atoms with Gasteiger partial charge in [-0.2, -0.15) is 0 Å². The van der Waals surface area contributed by atoms with Gasteiger partial charge in [0.2, 0.25) is 0 Å². The second-order valence-corrected chi connectivity index (χ2v) is 4.20. The number of hydrogen-bond acceptors (Lipinski definition) is 5. The summed E-state index contributed by atoms with van der Waals surface area (Å²) in [6, 6.07) is 0. The molecule has 0 amide bonds. The van der Waals surface area contributed by atoms with E-state index in [9.17, 15) is 4.79 Å². The lowest BCUT2D eigenvalue weighted by atomic mass is 10.2. The van der Waals surface area contributed by atoms with E-state index in [0.717, 1.165) is 58.7 Å². The summed E-state index contributed by atoms with van der Waals surface area (Å²) in [4.78, 5) is 10.3. The van der Waals surface area contributed by atoms with Gasteiger partial charge in [0.25, 0.3) is 0 Å². The van der Waals surface area contributed by atoms with Gasteiger partial charge in [-0.3, -0.25) is 4.79 Å². The van der Waals surface area contributed by atoms with E-state index in [4.69, 9.17) is 5.11 Å². The topological polar surface area (TPSA) is 85.4 Å². The van der Waals surface area contributed by atoms with E-state index < -0.39 is 5.97 Å². The van der Waals surface area contributed by atoms with Crippen LogP contribution >= 0.6 is 0 Å². The predicted molar refractivity (Wildman–Crippen MR) is 74.0 cm³/mol. The van der Waals surface area contributed by atoms with Crippen molar-refractivity contribution in [3.63, 3.8) is 0 Å². The molecule has 0 atom stereocenters. The molecule has 108 valence electrons. The first-order valence-electron chi connectivity index (χ1n) is 6.76. The van der Waals surface area contributed by atoms with E-state index in [1.54, 1.807) is 0 Å². The quantitative estimate of drug-likeness (QED) is 0.264. The average Bonchev–Trinajstić information content (AvgIpc) is 2.34. The van der Waals surface area contributed by atoms with Crippen LogP contribution in [0.1, 0.15) is 19.3 Å². The minimum Gasteiger partial charge on any atom is -0.481 e. The Bertz CT molecular complexity index is 191. The molecule has 0 aromatic carbocycles. The molecule has 0 aromatic rings. The third kappa shape index (κ3) is 15.3. The van der Waals surface area contributed by atoms with Crippen LogP contribution in [-0.2, 0) is 4.79 Å². The summed E-state index contributed by atoms with van der Waals surface area (Å²) in [7, 11) is 1.95. The zero-order chi connectivity index (χ0) is 13.5. The zero-order valence-electron chi connectivity index (χ0n) is 11.4. The molecule has 18 heavy (non-hydrogen) atoms. The fraction of sp³-hybridized carbons (Fsp3) is 0.917. The molecule has 0 unspecified atom stereocenters. The van der Waals surface area contributed by atoms with E-state index in [1.807, 2.05) is 7.05 Å². The Labute approximate surface area is 110 Å². The van der Waals surface area contributed by atoms with Crippen LogP contribution in [0.2, 0.25) is 0 Å². The molecule has 0 saturated heterocycles. The summed E-state index contributed by atoms with van der Waals surface area (Å²) in [6.45, 7) is 6.74. The Morgan fingerprint density at radius 2 is 1.33 bits per heavy atom. The summed E-state index contributed by atoms with van der Waals surface area (Å²) in [5, 5.41) is 21.5. The van der Waals surface area contributed by atoms with E-state index in [0.29, 0.717) is 0 Å². The molecular formula is C12H28N4O2. The molecule has 0 heterocycles. The van der Waals surface area contributed by atoms with Crippen molar-refractivity contribution in [1.29, 1.82) is 0 Å². The fourth-order valence-electron chi connectivity index (χ4n) is 1.47. The highest BCUT2D eigenvalue weighted by atomic mass is 16.4. The number of likely N-dealkylation sites (N-methyl/N-ethyl adjacent to an activating group) is 1. The van der Waals surface area contributed by atoms with Gasteiger partial charge in [-0.25, -0.2) is 0 Å². The summed E-state index contributed by atoms with van der Waals surface area (Å²) in [5.41, 5.74) is 0. The molecule has 0 saturated carbocycles. The highest BCUT2D eigenvalue weighted by Gasteiger charge is 1.95. The van der Waals surface area contributed by atoms with Crippen LogP contribution in [0, 0.1) is 0 Å². The first-order valence-corrected chi connectivity index (χ1v) is 6.76. The largest absolute Gasteiger partial charge is 0.481 e. The number of aliphatic carboxylic acids is 1. The van der Waals surface area contributed by atoms with Crippen molar-refractivity contribution in [1.82, 2.24) is 21.3 Å². The molecule has 5 N–H and O–H groups in total. The minimum atomic E-state index is -0.706. The monoisotopic (exact) mass is 260 g/mol. The molecule has 0 aliphatic rings. The van der Waals surface area contributed by atoms with Crippen LogP contribution < -0.4 is 21.3 Å². The predicted octanol–water partition coefficient (Wildman–Crippen LogP) is -0.770. The summed E-state index contributed by atoms with van der Waals surface area (Å²) >= 11 is 0. The Morgan fingerprint density at radius 1 is 0.833 bits per heavy atom. The Balaban J connectivity index is 2.92. The first-order chi connectivity index (χ1) is 8.77. The maximum atomic E-state index is 10.3. The average molecular weight is 260 g/mol. The smallest absolute Gasteiger partial charge is 0.303 e. The van der Waals surface area contributed by atoms with Crippen molar-refractivity contribution in [2.24, 2.45) is 0 Å². The minimum absolute atomic E-state index is 0.276. The molecule has 0 aromatic heterocycles. The van der Waals surface area contributed by atoms with E-state index in [-0.39, 0.29) is 6.42 Å². The molecule has 0 spiro atoms. The van der Waals surface area contributed by atoms with Gasteiger partial charge >= 0.3 is 5.97 Å². The van der Waals surface area contributed by atoms with E-state index in [2.05, 4.69) is 21.3 Å². The second-order valence-electron chi connectivity index (χ2n) is 4.20. The molecule has 0 fully saturated rings. The molecule has 0 aliphatic carbocycles. The number of hydrogen-bond donors (Lipinski definition) is 5. The lowest BCUT2D eigenvalue weighted by Crippen LogP contribution is -2.34. The van der Waals surface area contributed by atoms with Crippen molar-refractivity contribution in [2.45, 2.75) is 19.3 Å². The summed E-state index contributed by atoms with van der Waals surface area (Å²) < 4.78 is 0. The number of carbonyl (C=O) groups is 1. The summed E-state index contributed by atoms with van der Waals surface area (Å²) in [5.74, 6) is -0.706. The first kappa shape index (κ1) is 17.3. The lowest BCUT2D eigenvalue weighted by molar-refractivity contribution is -0.137. The molecule has 6 nitrogen and oxygen atoms in total. The molecular weight excluding hydrogens is 232 g/mol. The van der Waals surface area contributed by atoms with Crippen LogP contribution in [-0.4, -0.2) is 63.9 Å². The number of unbranched alkanes of at least 4 members (excludes halogenated alkanes) is 1. The SMILES string of the molecule is CNCCNCCNCCNCCCCC(=O)O. The number of carboxylic acids is 1. The third-order valence-corrected chi connectivity index (χ3v) is 2.50. The van der Waals surface area contributed by atoms with Gasteiger partial charge in [0, 0.05) is 45.7 Å². The fourth-order valence-corrected chi connectivity index (χ4v) is 1.47. The molecule has 0 rings (SSSR count). The van der Waals surface area contributed by atoms with Crippen molar-refractivity contribution in [3.8, 4) is 0 Å². The molecule has 6 heteroatoms. The van der Waals surface area contributed by atoms with E-state index in [1.165, 1.54) is 0 Å². The molecule has 0 bridgehead atoms. The Hall–Kier alpha value is -0.690. The van der Waals surface area contributed by atoms with Gasteiger partial charge in [0.15, 0.2) is 0 Å². The van der Waals surface area contributed by atoms with Gasteiger partial charge in [0.05, 0.1) is 0 Å². The van der Waals surface area contributed by atoms with Gasteiger partial charge in [-0.05, 0) is 26.4 Å². The van der Waals surface area contributed by atoms with Gasteiger partial charge in [-0.1, -0.05) is 0 Å². The zero-order valence-corrected chi connectivity index (χ0v) is 11.4. The Morgan fingerprint density at radius 3 is 1.83 bits per heavy atom. The van der Waals surface area contributed by atoms with Gasteiger partial charge in [-0.15, -0.1) is 0 Å². The van der Waals surface area contributed by atoms with Crippen molar-refractivity contribution < 1.29 is 9.90 Å². The van der Waals surface area contributed by atoms with Crippen molar-refractivity contribution in [3.05, 3.63) is 0 Å². The van der Waals surface area contributed by atoms with Gasteiger partial charge in [0.1, 0.15) is 0 Å². The number of carboxylic acid groups (broad SMARTS) is 1. The van der Waals surface area contributed by atoms with Crippen LogP contribution in [0.15, 0.2) is 0 Å². The van der Waals surface area contributed by atoms with Crippen LogP contribution in [0.3, 0.4) is 0 Å². The van der Waals surface area contributed by atoms with Crippen LogP contribution in [0.25, 0.3) is 0 Å². The lowest BCUT2D eigenvalue weighted by Gasteiger charge is -2.07. The van der Waals surface area contributed by atoms with Crippen molar-refractivity contribution >= 4 is 5.97 Å². The Kier molecular flexibility index (Phi) is 13.8. The highest BCUT2D eigenvalue weighted by molar-refractivity contribution is 5.66. The maximum Gasteiger partial charge on any atom is 0.303 e. The second kappa shape index (κ2) is 14.4. The standard InChI is InChI=1S/C12H28N4O2/c1-13-6-7-15-10-11-16-9-8-14-5-3-2-4-12(17)18/h13-16H,2-11H2,1H3,(H,17,18). The van der Waals surface area contributed by atoms with Crippen molar-refractivity contribution in [2.75, 3.05) is 52.9 Å². The van der Waals surface area contributed by atoms with Crippen LogP contribution in [0.4, 0.5) is 0 Å². The summed E-state index contributed by atoms with van der Waals surface area (Å²) in [6.07, 6.45) is 1.96. The number of rotatable bonds is 14. The maximum absolute atomic E-state index is 10.3. The molecule has 0 radical (unpaired) electrons.